The number of hydrogen-bond acceptors (Lipinski definition) is 1. The zero-order valence-electron chi connectivity index (χ0n) is 8.89. The van der Waals surface area contributed by atoms with Gasteiger partial charge in [0.15, 0.2) is 0 Å². The quantitative estimate of drug-likeness (QED) is 0.622. The predicted octanol–water partition coefficient (Wildman–Crippen LogP) is 1.76. The van der Waals surface area contributed by atoms with Gasteiger partial charge in [-0.05, 0) is 26.6 Å². The molecular formula is C9H21NOS. The van der Waals surface area contributed by atoms with Crippen molar-refractivity contribution in [2.24, 2.45) is 0 Å². The van der Waals surface area contributed by atoms with E-state index in [4.69, 9.17) is 0 Å². The Kier molecular flexibility index (Phi) is 3.79. The standard InChI is InChI=1S/C9H21NOS/c1-7-10(8-2)12(6,11)9(3,4)5/h6-8H2,1-5H3. The third-order valence-electron chi connectivity index (χ3n) is 2.08. The van der Waals surface area contributed by atoms with Crippen LogP contribution in [-0.2, 0) is 9.71 Å². The fourth-order valence-electron chi connectivity index (χ4n) is 1.03. The summed E-state index contributed by atoms with van der Waals surface area (Å²) in [6.07, 6.45) is 0. The van der Waals surface area contributed by atoms with Crippen molar-refractivity contribution >= 4 is 15.6 Å². The van der Waals surface area contributed by atoms with Crippen LogP contribution < -0.4 is 0 Å². The molecule has 1 unspecified atom stereocenters. The number of hydrogen-bond donors (Lipinski definition) is 0. The summed E-state index contributed by atoms with van der Waals surface area (Å²) in [7, 11) is -2.11. The van der Waals surface area contributed by atoms with Gasteiger partial charge in [0.25, 0.3) is 0 Å². The van der Waals surface area contributed by atoms with Crippen LogP contribution in [0.2, 0.25) is 0 Å². The summed E-state index contributed by atoms with van der Waals surface area (Å²) in [5, 5.41) is 0. The Bertz CT molecular complexity index is 219. The van der Waals surface area contributed by atoms with Crippen LogP contribution in [0.25, 0.3) is 0 Å². The summed E-state index contributed by atoms with van der Waals surface area (Å²) in [4.78, 5) is 0. The van der Waals surface area contributed by atoms with E-state index in [0.717, 1.165) is 13.1 Å². The maximum absolute atomic E-state index is 12.2. The van der Waals surface area contributed by atoms with Gasteiger partial charge in [0.1, 0.15) is 0 Å². The van der Waals surface area contributed by atoms with E-state index in [1.165, 1.54) is 0 Å². The second-order valence-electron chi connectivity index (χ2n) is 3.87. The highest BCUT2D eigenvalue weighted by Gasteiger charge is 2.27. The van der Waals surface area contributed by atoms with Crippen LogP contribution in [-0.4, -0.2) is 32.2 Å². The van der Waals surface area contributed by atoms with Gasteiger partial charge in [-0.3, -0.25) is 4.21 Å². The van der Waals surface area contributed by atoms with Crippen molar-refractivity contribution < 1.29 is 4.21 Å². The normalized spacial score (nSPS) is 17.8. The molecular weight excluding hydrogens is 170 g/mol. The SMILES string of the molecule is C=S(=O)(N(CC)CC)C(C)(C)C. The van der Waals surface area contributed by atoms with Gasteiger partial charge < -0.3 is 0 Å². The summed E-state index contributed by atoms with van der Waals surface area (Å²) in [5.74, 6) is 3.84. The third kappa shape index (κ3) is 2.23. The van der Waals surface area contributed by atoms with Gasteiger partial charge in [0.2, 0.25) is 0 Å². The minimum absolute atomic E-state index is 0.237. The van der Waals surface area contributed by atoms with Crippen molar-refractivity contribution in [1.29, 1.82) is 0 Å². The van der Waals surface area contributed by atoms with Crippen molar-refractivity contribution in [3.63, 3.8) is 0 Å². The van der Waals surface area contributed by atoms with Crippen LogP contribution in [0.15, 0.2) is 0 Å². The Labute approximate surface area is 77.1 Å². The van der Waals surface area contributed by atoms with Gasteiger partial charge in [0, 0.05) is 27.5 Å². The summed E-state index contributed by atoms with van der Waals surface area (Å²) < 4.78 is 13.9. The van der Waals surface area contributed by atoms with Gasteiger partial charge in [-0.1, -0.05) is 13.8 Å². The van der Waals surface area contributed by atoms with Gasteiger partial charge in [-0.25, -0.2) is 4.31 Å². The summed E-state index contributed by atoms with van der Waals surface area (Å²) in [6.45, 7) is 11.5. The lowest BCUT2D eigenvalue weighted by Crippen LogP contribution is -2.42. The van der Waals surface area contributed by atoms with E-state index in [9.17, 15) is 4.21 Å². The molecule has 0 rings (SSSR count). The minimum atomic E-state index is -2.11. The van der Waals surface area contributed by atoms with Crippen molar-refractivity contribution in [3.8, 4) is 0 Å². The molecule has 0 saturated heterocycles. The minimum Gasteiger partial charge on any atom is -0.252 e. The molecule has 0 aromatic heterocycles. The average Bonchev–Trinajstić information content (AvgIpc) is 1.87. The summed E-state index contributed by atoms with van der Waals surface area (Å²) >= 11 is 0. The topological polar surface area (TPSA) is 20.3 Å². The van der Waals surface area contributed by atoms with E-state index in [2.05, 4.69) is 5.87 Å². The Hall–Kier alpha value is -0.0200. The highest BCUT2D eigenvalue weighted by molar-refractivity contribution is 7.99. The van der Waals surface area contributed by atoms with E-state index in [1.807, 2.05) is 38.9 Å². The molecule has 0 bridgehead atoms. The molecule has 0 saturated carbocycles. The molecule has 0 spiro atoms. The molecule has 0 aliphatic carbocycles. The second-order valence-corrected chi connectivity index (χ2v) is 6.89. The van der Waals surface area contributed by atoms with E-state index in [0.29, 0.717) is 0 Å². The Morgan fingerprint density at radius 3 is 1.67 bits per heavy atom. The molecule has 0 aliphatic rings. The fraction of sp³-hybridized carbons (Fsp3) is 0.889. The van der Waals surface area contributed by atoms with E-state index >= 15 is 0 Å². The molecule has 0 aromatic rings. The van der Waals surface area contributed by atoms with Crippen LogP contribution in [0.4, 0.5) is 0 Å². The first-order valence-corrected chi connectivity index (χ1v) is 6.07. The first-order chi connectivity index (χ1) is 5.27. The first-order valence-electron chi connectivity index (χ1n) is 4.39. The molecule has 0 N–H and O–H groups in total. The Morgan fingerprint density at radius 1 is 1.25 bits per heavy atom. The fourth-order valence-corrected chi connectivity index (χ4v) is 2.64. The van der Waals surface area contributed by atoms with E-state index in [1.54, 1.807) is 0 Å². The Morgan fingerprint density at radius 2 is 1.58 bits per heavy atom. The molecule has 0 heterocycles. The molecule has 2 nitrogen and oxygen atoms in total. The lowest BCUT2D eigenvalue weighted by Gasteiger charge is -2.33. The summed E-state index contributed by atoms with van der Waals surface area (Å²) in [5.41, 5.74) is 0. The zero-order chi connectivity index (χ0) is 9.99. The van der Waals surface area contributed by atoms with Gasteiger partial charge >= 0.3 is 0 Å². The van der Waals surface area contributed by atoms with Crippen molar-refractivity contribution in [1.82, 2.24) is 4.31 Å². The second kappa shape index (κ2) is 3.79. The first kappa shape index (κ1) is 12.0. The maximum Gasteiger partial charge on any atom is 0.0430 e. The molecule has 1 atom stereocenters. The Balaban J connectivity index is 4.85. The van der Waals surface area contributed by atoms with E-state index in [-0.39, 0.29) is 4.75 Å². The highest BCUT2D eigenvalue weighted by Crippen LogP contribution is 2.19. The monoisotopic (exact) mass is 191 g/mol. The van der Waals surface area contributed by atoms with Crippen molar-refractivity contribution in [2.75, 3.05) is 13.1 Å². The molecule has 3 heteroatoms. The molecule has 0 amide bonds. The molecule has 0 aliphatic heterocycles. The van der Waals surface area contributed by atoms with Crippen LogP contribution in [0.1, 0.15) is 34.6 Å². The van der Waals surface area contributed by atoms with Gasteiger partial charge in [-0.2, -0.15) is 0 Å². The number of rotatable bonds is 3. The number of nitrogens with zero attached hydrogens (tertiary/aromatic N) is 1. The zero-order valence-corrected chi connectivity index (χ0v) is 9.70. The maximum atomic E-state index is 12.2. The highest BCUT2D eigenvalue weighted by atomic mass is 32.2. The van der Waals surface area contributed by atoms with Crippen LogP contribution in [0.3, 0.4) is 0 Å². The van der Waals surface area contributed by atoms with E-state index < -0.39 is 9.71 Å². The molecule has 74 valence electrons. The lowest BCUT2D eigenvalue weighted by atomic mass is 10.3. The third-order valence-corrected chi connectivity index (χ3v) is 5.34. The molecule has 12 heavy (non-hydrogen) atoms. The largest absolute Gasteiger partial charge is 0.252 e. The van der Waals surface area contributed by atoms with Crippen molar-refractivity contribution in [3.05, 3.63) is 0 Å². The van der Waals surface area contributed by atoms with Crippen LogP contribution in [0, 0.1) is 0 Å². The summed E-state index contributed by atoms with van der Waals surface area (Å²) in [6, 6.07) is 0. The smallest absolute Gasteiger partial charge is 0.0430 e. The molecule has 0 fully saturated rings. The molecule has 0 aromatic carbocycles. The lowest BCUT2D eigenvalue weighted by molar-refractivity contribution is 0.469. The average molecular weight is 191 g/mol. The van der Waals surface area contributed by atoms with Gasteiger partial charge in [-0.15, -0.1) is 0 Å². The van der Waals surface area contributed by atoms with Crippen LogP contribution >= 0.6 is 0 Å². The van der Waals surface area contributed by atoms with Crippen LogP contribution in [0.5, 0.6) is 0 Å². The molecule has 0 radical (unpaired) electrons. The van der Waals surface area contributed by atoms with Gasteiger partial charge in [0.05, 0.1) is 0 Å². The van der Waals surface area contributed by atoms with Crippen molar-refractivity contribution in [2.45, 2.75) is 39.4 Å². The predicted molar refractivity (Wildman–Crippen MR) is 57.9 cm³/mol.